The van der Waals surface area contributed by atoms with Crippen molar-refractivity contribution in [1.82, 2.24) is 0 Å². The highest BCUT2D eigenvalue weighted by Gasteiger charge is 2.39. The maximum Gasteiger partial charge on any atom is 0.110 e. The normalized spacial score (nSPS) is 48.3. The van der Waals surface area contributed by atoms with Gasteiger partial charge < -0.3 is 3.07 Å². The Kier molecular flexibility index (Phi) is 1.69. The van der Waals surface area contributed by atoms with Gasteiger partial charge in [-0.3, -0.25) is 0 Å². The van der Waals surface area contributed by atoms with Gasteiger partial charge in [-0.1, -0.05) is 0 Å². The zero-order valence-electron chi connectivity index (χ0n) is 5.35. The fourth-order valence-electron chi connectivity index (χ4n) is 2.30. The minimum Gasteiger partial charge on any atom is -0.312 e. The number of rotatable bonds is 1. The lowest BCUT2D eigenvalue weighted by Crippen LogP contribution is -2.15. The maximum atomic E-state index is 5.32. The van der Waals surface area contributed by atoms with Crippen molar-refractivity contribution in [2.45, 2.75) is 31.8 Å². The Morgan fingerprint density at radius 3 is 2.44 bits per heavy atom. The van der Waals surface area contributed by atoms with Crippen molar-refractivity contribution >= 4 is 23.0 Å². The number of hydrogen-bond acceptors (Lipinski definition) is 1. The molecule has 0 radical (unpaired) electrons. The molecule has 2 heteroatoms. The summed E-state index contributed by atoms with van der Waals surface area (Å²) in [5, 5.41) is 0. The quantitative estimate of drug-likeness (QED) is 0.638. The van der Waals surface area contributed by atoms with Gasteiger partial charge >= 0.3 is 0 Å². The predicted molar refractivity (Wildman–Crippen MR) is 44.3 cm³/mol. The van der Waals surface area contributed by atoms with Crippen LogP contribution in [0, 0.1) is 11.8 Å². The van der Waals surface area contributed by atoms with E-state index in [1.807, 2.05) is 23.0 Å². The van der Waals surface area contributed by atoms with Gasteiger partial charge in [0.2, 0.25) is 0 Å². The van der Waals surface area contributed by atoms with Gasteiger partial charge in [0.1, 0.15) is 23.0 Å². The molecule has 0 aromatic rings. The summed E-state index contributed by atoms with van der Waals surface area (Å²) in [5.74, 6) is 1.95. The summed E-state index contributed by atoms with van der Waals surface area (Å²) in [6.07, 6.45) is 6.31. The first-order valence-electron chi connectivity index (χ1n) is 3.67. The number of fused-ring (bicyclic) bond motifs is 2. The van der Waals surface area contributed by atoms with Crippen molar-refractivity contribution in [2.75, 3.05) is 0 Å². The van der Waals surface area contributed by atoms with Crippen molar-refractivity contribution in [3.8, 4) is 0 Å². The Morgan fingerprint density at radius 2 is 2.11 bits per heavy atom. The van der Waals surface area contributed by atoms with Gasteiger partial charge in [-0.05, 0) is 37.5 Å². The summed E-state index contributed by atoms with van der Waals surface area (Å²) in [5.41, 5.74) is 0. The van der Waals surface area contributed by atoms with Gasteiger partial charge in [-0.25, -0.2) is 0 Å². The lowest BCUT2D eigenvalue weighted by atomic mass is 9.98. The summed E-state index contributed by atoms with van der Waals surface area (Å²) in [6, 6.07) is 0. The summed E-state index contributed by atoms with van der Waals surface area (Å²) in [7, 11) is 0. The van der Waals surface area contributed by atoms with Gasteiger partial charge in [-0.15, -0.1) is 0 Å². The smallest absolute Gasteiger partial charge is 0.110 e. The summed E-state index contributed by atoms with van der Waals surface area (Å²) < 4.78 is 5.32. The molecule has 3 unspecified atom stereocenters. The van der Waals surface area contributed by atoms with E-state index in [-0.39, 0.29) is 0 Å². The molecular formula is C7H11IO. The van der Waals surface area contributed by atoms with Crippen LogP contribution in [-0.4, -0.2) is 6.10 Å². The Balaban J connectivity index is 2.01. The van der Waals surface area contributed by atoms with Crippen molar-refractivity contribution in [3.63, 3.8) is 0 Å². The average molecular weight is 238 g/mol. The van der Waals surface area contributed by atoms with Gasteiger partial charge in [0.25, 0.3) is 0 Å². The first kappa shape index (κ1) is 6.40. The van der Waals surface area contributed by atoms with E-state index in [0.717, 1.165) is 11.8 Å². The second kappa shape index (κ2) is 2.38. The Hall–Kier alpha value is 0.690. The monoisotopic (exact) mass is 238 g/mol. The third-order valence-corrected chi connectivity index (χ3v) is 3.44. The van der Waals surface area contributed by atoms with E-state index in [1.54, 1.807) is 0 Å². The highest BCUT2D eigenvalue weighted by Crippen LogP contribution is 2.46. The molecule has 52 valence electrons. The van der Waals surface area contributed by atoms with Crippen molar-refractivity contribution in [3.05, 3.63) is 0 Å². The van der Waals surface area contributed by atoms with Crippen LogP contribution >= 0.6 is 23.0 Å². The van der Waals surface area contributed by atoms with Crippen molar-refractivity contribution < 1.29 is 3.07 Å². The second-order valence-electron chi connectivity index (χ2n) is 3.30. The van der Waals surface area contributed by atoms with Gasteiger partial charge in [0, 0.05) is 0 Å². The first-order valence-corrected chi connectivity index (χ1v) is 4.55. The Bertz CT molecular complexity index is 115. The lowest BCUT2D eigenvalue weighted by molar-refractivity contribution is 0.196. The van der Waals surface area contributed by atoms with Crippen LogP contribution in [0.1, 0.15) is 25.7 Å². The third kappa shape index (κ3) is 1.00. The molecule has 1 nitrogen and oxygen atoms in total. The molecule has 0 heterocycles. The van der Waals surface area contributed by atoms with E-state index in [2.05, 4.69) is 0 Å². The van der Waals surface area contributed by atoms with E-state index >= 15 is 0 Å². The zero-order valence-corrected chi connectivity index (χ0v) is 7.50. The van der Waals surface area contributed by atoms with E-state index in [4.69, 9.17) is 3.07 Å². The molecule has 2 aliphatic carbocycles. The first-order chi connectivity index (χ1) is 4.40. The van der Waals surface area contributed by atoms with Crippen LogP contribution in [0.5, 0.6) is 0 Å². The highest BCUT2D eigenvalue weighted by atomic mass is 127. The second-order valence-corrected chi connectivity index (χ2v) is 3.81. The van der Waals surface area contributed by atoms with Crippen LogP contribution in [0.25, 0.3) is 0 Å². The molecule has 0 saturated heterocycles. The minimum atomic E-state index is 0.615. The van der Waals surface area contributed by atoms with Gasteiger partial charge in [-0.2, -0.15) is 0 Å². The molecular weight excluding hydrogens is 227 g/mol. The van der Waals surface area contributed by atoms with Crippen LogP contribution < -0.4 is 0 Å². The summed E-state index contributed by atoms with van der Waals surface area (Å²) in [6.45, 7) is 0. The fourth-order valence-corrected chi connectivity index (χ4v) is 2.92. The van der Waals surface area contributed by atoms with Crippen LogP contribution in [0.15, 0.2) is 0 Å². The number of hydrogen-bond donors (Lipinski definition) is 0. The predicted octanol–water partition coefficient (Wildman–Crippen LogP) is 2.54. The van der Waals surface area contributed by atoms with Crippen LogP contribution in [-0.2, 0) is 3.07 Å². The third-order valence-electron chi connectivity index (χ3n) is 2.79. The molecule has 0 amide bonds. The molecule has 0 N–H and O–H groups in total. The molecule has 9 heavy (non-hydrogen) atoms. The molecule has 3 atom stereocenters. The topological polar surface area (TPSA) is 9.23 Å². The maximum absolute atomic E-state index is 5.32. The van der Waals surface area contributed by atoms with Crippen LogP contribution in [0.4, 0.5) is 0 Å². The molecule has 0 aromatic heterocycles. The van der Waals surface area contributed by atoms with Crippen LogP contribution in [0.2, 0.25) is 0 Å². The molecule has 0 spiro atoms. The van der Waals surface area contributed by atoms with E-state index in [1.165, 1.54) is 25.7 Å². The van der Waals surface area contributed by atoms with E-state index < -0.39 is 0 Å². The molecule has 2 aliphatic rings. The molecule has 2 fully saturated rings. The van der Waals surface area contributed by atoms with E-state index in [0.29, 0.717) is 6.10 Å². The number of halogens is 1. The Morgan fingerprint density at radius 1 is 1.22 bits per heavy atom. The van der Waals surface area contributed by atoms with Crippen molar-refractivity contribution in [2.24, 2.45) is 11.8 Å². The zero-order chi connectivity index (χ0) is 6.27. The summed E-state index contributed by atoms with van der Waals surface area (Å²) >= 11 is 2.05. The highest BCUT2D eigenvalue weighted by molar-refractivity contribution is 14.1. The minimum absolute atomic E-state index is 0.615. The molecule has 2 saturated carbocycles. The molecule has 2 bridgehead atoms. The average Bonchev–Trinajstić information content (AvgIpc) is 2.45. The SMILES string of the molecule is IOC1CC2CCC1C2. The summed E-state index contributed by atoms with van der Waals surface area (Å²) in [4.78, 5) is 0. The molecule has 2 rings (SSSR count). The fraction of sp³-hybridized carbons (Fsp3) is 1.00. The van der Waals surface area contributed by atoms with Crippen molar-refractivity contribution in [1.29, 1.82) is 0 Å². The van der Waals surface area contributed by atoms with Crippen LogP contribution in [0.3, 0.4) is 0 Å². The molecule has 0 aromatic carbocycles. The van der Waals surface area contributed by atoms with Gasteiger partial charge in [0.05, 0.1) is 6.10 Å². The van der Waals surface area contributed by atoms with Gasteiger partial charge in [0.15, 0.2) is 0 Å². The lowest BCUT2D eigenvalue weighted by Gasteiger charge is -2.17. The largest absolute Gasteiger partial charge is 0.312 e. The standard InChI is InChI=1S/C7H11IO/c8-9-7-4-5-1-2-6(7)3-5/h5-7H,1-4H2. The van der Waals surface area contributed by atoms with E-state index in [9.17, 15) is 0 Å². The Labute approximate surface area is 69.8 Å². The molecule has 0 aliphatic heterocycles.